The molecule has 0 fully saturated rings. The van der Waals surface area contributed by atoms with Gasteiger partial charge in [0.05, 0.1) is 0 Å². The fourth-order valence-electron chi connectivity index (χ4n) is 2.01. The Morgan fingerprint density at radius 2 is 1.79 bits per heavy atom. The summed E-state index contributed by atoms with van der Waals surface area (Å²) in [7, 11) is 1.49. The molecule has 2 amide bonds. The number of benzene rings is 1. The molecule has 0 aliphatic carbocycles. The number of anilines is 1. The van der Waals surface area contributed by atoms with Gasteiger partial charge in [-0.25, -0.2) is 9.59 Å². The van der Waals surface area contributed by atoms with Gasteiger partial charge < -0.3 is 15.3 Å². The number of amides is 2. The summed E-state index contributed by atoms with van der Waals surface area (Å²) in [5.74, 6) is -0.999. The number of carbonyl (C=O) groups excluding carboxylic acids is 1. The van der Waals surface area contributed by atoms with Crippen LogP contribution < -0.4 is 5.32 Å². The first-order valence-electron chi connectivity index (χ1n) is 6.20. The Bertz CT molecular complexity index is 465. The van der Waals surface area contributed by atoms with Crippen molar-refractivity contribution in [3.05, 3.63) is 29.3 Å². The molecular weight excluding hydrogens is 244 g/mol. The highest BCUT2D eigenvalue weighted by Crippen LogP contribution is 2.15. The van der Waals surface area contributed by atoms with Gasteiger partial charge in [0.2, 0.25) is 0 Å². The monoisotopic (exact) mass is 264 g/mol. The molecule has 0 aliphatic rings. The van der Waals surface area contributed by atoms with Gasteiger partial charge in [0.25, 0.3) is 0 Å². The molecule has 2 N–H and O–H groups in total. The number of hydrogen-bond donors (Lipinski definition) is 2. The normalized spacial score (nSPS) is 11.8. The summed E-state index contributed by atoms with van der Waals surface area (Å²) in [6.45, 7) is 5.62. The van der Waals surface area contributed by atoms with E-state index in [2.05, 4.69) is 5.32 Å². The van der Waals surface area contributed by atoms with Gasteiger partial charge in [-0.3, -0.25) is 0 Å². The highest BCUT2D eigenvalue weighted by Gasteiger charge is 2.24. The Morgan fingerprint density at radius 1 is 1.26 bits per heavy atom. The van der Waals surface area contributed by atoms with Crippen LogP contribution in [0.3, 0.4) is 0 Å². The second kappa shape index (κ2) is 6.22. The minimum Gasteiger partial charge on any atom is -0.480 e. The van der Waals surface area contributed by atoms with E-state index in [9.17, 15) is 9.59 Å². The molecule has 0 heterocycles. The fraction of sp³-hybridized carbons (Fsp3) is 0.429. The lowest BCUT2D eigenvalue weighted by Gasteiger charge is -2.24. The number of nitrogens with zero attached hydrogens (tertiary/aromatic N) is 1. The third kappa shape index (κ3) is 3.98. The highest BCUT2D eigenvalue weighted by atomic mass is 16.4. The lowest BCUT2D eigenvalue weighted by molar-refractivity contribution is -0.141. The van der Waals surface area contributed by atoms with Crippen LogP contribution in [0, 0.1) is 13.8 Å². The van der Waals surface area contributed by atoms with Crippen molar-refractivity contribution in [2.75, 3.05) is 12.4 Å². The largest absolute Gasteiger partial charge is 0.480 e. The molecule has 1 aromatic carbocycles. The number of carbonyl (C=O) groups is 2. The second-order valence-corrected chi connectivity index (χ2v) is 4.68. The van der Waals surface area contributed by atoms with Crippen molar-refractivity contribution < 1.29 is 14.7 Å². The molecule has 0 aliphatic heterocycles. The number of hydrogen-bond acceptors (Lipinski definition) is 2. The Labute approximate surface area is 113 Å². The van der Waals surface area contributed by atoms with Crippen molar-refractivity contribution in [2.45, 2.75) is 33.2 Å². The van der Waals surface area contributed by atoms with Crippen molar-refractivity contribution in [1.29, 1.82) is 0 Å². The molecule has 104 valence electrons. The van der Waals surface area contributed by atoms with Crippen LogP contribution in [0.25, 0.3) is 0 Å². The fourth-order valence-corrected chi connectivity index (χ4v) is 2.01. The van der Waals surface area contributed by atoms with Gasteiger partial charge in [-0.1, -0.05) is 13.0 Å². The van der Waals surface area contributed by atoms with Gasteiger partial charge >= 0.3 is 12.0 Å². The lowest BCUT2D eigenvalue weighted by Crippen LogP contribution is -2.44. The van der Waals surface area contributed by atoms with E-state index in [0.29, 0.717) is 12.1 Å². The molecule has 1 unspecified atom stereocenters. The molecule has 1 rings (SSSR count). The third-order valence-electron chi connectivity index (χ3n) is 2.93. The van der Waals surface area contributed by atoms with Gasteiger partial charge in [0, 0.05) is 12.7 Å². The molecule has 19 heavy (non-hydrogen) atoms. The van der Waals surface area contributed by atoms with Crippen molar-refractivity contribution in [2.24, 2.45) is 0 Å². The Kier molecular flexibility index (Phi) is 4.92. The van der Waals surface area contributed by atoms with E-state index in [1.54, 1.807) is 6.92 Å². The Hall–Kier alpha value is -2.04. The zero-order chi connectivity index (χ0) is 14.6. The highest BCUT2D eigenvalue weighted by molar-refractivity contribution is 5.92. The molecule has 1 aromatic rings. The molecule has 5 nitrogen and oxygen atoms in total. The van der Waals surface area contributed by atoms with E-state index in [0.717, 1.165) is 11.1 Å². The summed E-state index contributed by atoms with van der Waals surface area (Å²) in [5, 5.41) is 11.7. The number of likely N-dealkylation sites (N-methyl/N-ethyl adjacent to an activating group) is 1. The molecule has 5 heteroatoms. The molecule has 0 bridgehead atoms. The van der Waals surface area contributed by atoms with Crippen LogP contribution in [0.4, 0.5) is 10.5 Å². The van der Waals surface area contributed by atoms with Crippen LogP contribution in [0.5, 0.6) is 0 Å². The summed E-state index contributed by atoms with van der Waals surface area (Å²) in [6, 6.07) is 4.47. The number of urea groups is 1. The van der Waals surface area contributed by atoms with Crippen LogP contribution in [0.2, 0.25) is 0 Å². The maximum atomic E-state index is 12.0. The molecule has 0 spiro atoms. The maximum Gasteiger partial charge on any atom is 0.326 e. The lowest BCUT2D eigenvalue weighted by atomic mass is 10.1. The topological polar surface area (TPSA) is 69.6 Å². The summed E-state index contributed by atoms with van der Waals surface area (Å²) >= 11 is 0. The van der Waals surface area contributed by atoms with E-state index >= 15 is 0 Å². The van der Waals surface area contributed by atoms with Gasteiger partial charge in [-0.2, -0.15) is 0 Å². The van der Waals surface area contributed by atoms with Gasteiger partial charge in [0.1, 0.15) is 6.04 Å². The summed E-state index contributed by atoms with van der Waals surface area (Å²) in [4.78, 5) is 24.2. The second-order valence-electron chi connectivity index (χ2n) is 4.68. The van der Waals surface area contributed by atoms with Crippen LogP contribution in [-0.4, -0.2) is 35.1 Å². The zero-order valence-corrected chi connectivity index (χ0v) is 11.7. The molecule has 0 saturated carbocycles. The minimum absolute atomic E-state index is 0.367. The first kappa shape index (κ1) is 15.0. The number of carboxylic acid groups (broad SMARTS) is 1. The Balaban J connectivity index is 2.81. The molecule has 1 atom stereocenters. The van der Waals surface area contributed by atoms with Crippen LogP contribution in [0.1, 0.15) is 24.5 Å². The van der Waals surface area contributed by atoms with E-state index in [1.165, 1.54) is 11.9 Å². The standard InChI is InChI=1S/C14H20N2O3/c1-5-12(13(17)18)16(4)14(19)15-11-7-9(2)6-10(3)8-11/h6-8,12H,5H2,1-4H3,(H,15,19)(H,17,18). The molecule has 0 saturated heterocycles. The average Bonchev–Trinajstić information content (AvgIpc) is 2.27. The number of carboxylic acids is 1. The van der Waals surface area contributed by atoms with Crippen LogP contribution in [0.15, 0.2) is 18.2 Å². The Morgan fingerprint density at radius 3 is 2.21 bits per heavy atom. The number of nitrogens with one attached hydrogen (secondary N) is 1. The van der Waals surface area contributed by atoms with Crippen molar-refractivity contribution in [3.8, 4) is 0 Å². The summed E-state index contributed by atoms with van der Waals surface area (Å²) in [6.07, 6.45) is 0.367. The summed E-state index contributed by atoms with van der Waals surface area (Å²) in [5.41, 5.74) is 2.76. The SMILES string of the molecule is CCC(C(=O)O)N(C)C(=O)Nc1cc(C)cc(C)c1. The van der Waals surface area contributed by atoms with E-state index < -0.39 is 18.0 Å². The minimum atomic E-state index is -0.999. The predicted octanol–water partition coefficient (Wildman–Crippen LogP) is 2.63. The van der Waals surface area contributed by atoms with Crippen molar-refractivity contribution in [1.82, 2.24) is 4.90 Å². The van der Waals surface area contributed by atoms with Gasteiger partial charge in [-0.15, -0.1) is 0 Å². The zero-order valence-electron chi connectivity index (χ0n) is 11.7. The first-order valence-corrected chi connectivity index (χ1v) is 6.20. The third-order valence-corrected chi connectivity index (χ3v) is 2.93. The van der Waals surface area contributed by atoms with Gasteiger partial charge in [-0.05, 0) is 43.5 Å². The maximum absolute atomic E-state index is 12.0. The summed E-state index contributed by atoms with van der Waals surface area (Å²) < 4.78 is 0. The first-order chi connectivity index (χ1) is 8.85. The van der Waals surface area contributed by atoms with Crippen molar-refractivity contribution in [3.63, 3.8) is 0 Å². The molecular formula is C14H20N2O3. The van der Waals surface area contributed by atoms with E-state index in [1.807, 2.05) is 32.0 Å². The van der Waals surface area contributed by atoms with Crippen LogP contribution in [-0.2, 0) is 4.79 Å². The number of aliphatic carboxylic acids is 1. The quantitative estimate of drug-likeness (QED) is 0.878. The number of aryl methyl sites for hydroxylation is 2. The van der Waals surface area contributed by atoms with E-state index in [-0.39, 0.29) is 0 Å². The number of rotatable bonds is 4. The van der Waals surface area contributed by atoms with Crippen molar-refractivity contribution >= 4 is 17.7 Å². The van der Waals surface area contributed by atoms with Gasteiger partial charge in [0.15, 0.2) is 0 Å². The molecule has 0 radical (unpaired) electrons. The van der Waals surface area contributed by atoms with E-state index in [4.69, 9.17) is 5.11 Å². The average molecular weight is 264 g/mol. The van der Waals surface area contributed by atoms with Crippen LogP contribution >= 0.6 is 0 Å². The predicted molar refractivity (Wildman–Crippen MR) is 74.4 cm³/mol. The molecule has 0 aromatic heterocycles. The smallest absolute Gasteiger partial charge is 0.326 e.